The minimum atomic E-state index is -0.143. The third-order valence-electron chi connectivity index (χ3n) is 3.73. The van der Waals surface area contributed by atoms with Crippen molar-refractivity contribution in [3.63, 3.8) is 0 Å². The Balaban J connectivity index is 2.35. The van der Waals surface area contributed by atoms with Crippen molar-refractivity contribution in [1.82, 2.24) is 0 Å². The molecule has 0 fully saturated rings. The quantitative estimate of drug-likeness (QED) is 0.470. The number of fused-ring (bicyclic) bond motifs is 2. The van der Waals surface area contributed by atoms with Crippen LogP contribution in [0.5, 0.6) is 0 Å². The first-order valence-electron chi connectivity index (χ1n) is 6.30. The van der Waals surface area contributed by atoms with Gasteiger partial charge in [-0.15, -0.1) is 0 Å². The molecule has 2 heteroatoms. The van der Waals surface area contributed by atoms with Gasteiger partial charge in [0.2, 0.25) is 0 Å². The molecule has 0 spiro atoms. The highest BCUT2D eigenvalue weighted by Gasteiger charge is 2.26. The number of hydrogen-bond acceptors (Lipinski definition) is 2. The van der Waals surface area contributed by atoms with Crippen LogP contribution in [-0.2, 0) is 9.53 Å². The summed E-state index contributed by atoms with van der Waals surface area (Å²) in [5.74, 6) is -0.143. The van der Waals surface area contributed by atoms with Crippen LogP contribution in [0.3, 0.4) is 0 Å². The maximum absolute atomic E-state index is 11.8. The Hall–Kier alpha value is -1.31. The molecule has 0 amide bonds. The van der Waals surface area contributed by atoms with Crippen molar-refractivity contribution in [2.75, 3.05) is 0 Å². The molecule has 2 aliphatic rings. The molecule has 1 aliphatic heterocycles. The van der Waals surface area contributed by atoms with Gasteiger partial charge in [-0.05, 0) is 45.6 Å². The van der Waals surface area contributed by atoms with Crippen molar-refractivity contribution >= 4 is 5.97 Å². The summed E-state index contributed by atoms with van der Waals surface area (Å²) in [6, 6.07) is 0. The maximum atomic E-state index is 11.8. The zero-order chi connectivity index (χ0) is 12.4. The van der Waals surface area contributed by atoms with Gasteiger partial charge in [-0.25, -0.2) is 4.79 Å². The van der Waals surface area contributed by atoms with E-state index in [1.165, 1.54) is 16.7 Å². The number of rotatable bonds is 0. The average Bonchev–Trinajstić information content (AvgIpc) is 2.30. The summed E-state index contributed by atoms with van der Waals surface area (Å²) in [5.41, 5.74) is 4.64. The van der Waals surface area contributed by atoms with Crippen LogP contribution in [-0.4, -0.2) is 12.1 Å². The standard InChI is InChI=1S/C15H20O2/c1-10-5-4-6-11(2)14-9-13(8-7-10)12(3)15(16)17-14/h6-7,14H,4-5,8-9H2,1-3H3/b10-7-,11-6-/t14-/m1/s1. The van der Waals surface area contributed by atoms with E-state index in [2.05, 4.69) is 26.0 Å². The van der Waals surface area contributed by atoms with Gasteiger partial charge in [0, 0.05) is 12.0 Å². The molecule has 2 nitrogen and oxygen atoms in total. The molecule has 0 aromatic rings. The second-order valence-electron chi connectivity index (χ2n) is 5.07. The van der Waals surface area contributed by atoms with E-state index in [4.69, 9.17) is 4.74 Å². The van der Waals surface area contributed by atoms with Crippen LogP contribution >= 0.6 is 0 Å². The predicted octanol–water partition coefficient (Wildman–Crippen LogP) is 3.69. The average molecular weight is 232 g/mol. The Morgan fingerprint density at radius 2 is 2.00 bits per heavy atom. The fraction of sp³-hybridized carbons (Fsp3) is 0.533. The molecule has 0 saturated carbocycles. The summed E-state index contributed by atoms with van der Waals surface area (Å²) < 4.78 is 5.45. The third kappa shape index (κ3) is 2.68. The van der Waals surface area contributed by atoms with Gasteiger partial charge in [0.05, 0.1) is 0 Å². The summed E-state index contributed by atoms with van der Waals surface area (Å²) in [6.07, 6.45) is 8.33. The Kier molecular flexibility index (Phi) is 3.51. The van der Waals surface area contributed by atoms with Gasteiger partial charge in [-0.3, -0.25) is 0 Å². The molecule has 1 aliphatic carbocycles. The predicted molar refractivity (Wildman–Crippen MR) is 68.6 cm³/mol. The van der Waals surface area contributed by atoms with E-state index in [1.807, 2.05) is 6.92 Å². The lowest BCUT2D eigenvalue weighted by molar-refractivity contribution is -0.143. The highest BCUT2D eigenvalue weighted by molar-refractivity contribution is 5.90. The monoisotopic (exact) mass is 232 g/mol. The molecular weight excluding hydrogens is 212 g/mol. The third-order valence-corrected chi connectivity index (χ3v) is 3.73. The molecule has 0 radical (unpaired) electrons. The molecule has 0 unspecified atom stereocenters. The van der Waals surface area contributed by atoms with Crippen LogP contribution in [0.25, 0.3) is 0 Å². The van der Waals surface area contributed by atoms with Crippen molar-refractivity contribution in [1.29, 1.82) is 0 Å². The molecule has 0 aromatic heterocycles. The Morgan fingerprint density at radius 3 is 2.76 bits per heavy atom. The van der Waals surface area contributed by atoms with E-state index in [1.54, 1.807) is 0 Å². The highest BCUT2D eigenvalue weighted by atomic mass is 16.5. The van der Waals surface area contributed by atoms with Crippen molar-refractivity contribution < 1.29 is 9.53 Å². The van der Waals surface area contributed by atoms with Crippen LogP contribution in [0.1, 0.15) is 46.5 Å². The molecule has 0 aromatic carbocycles. The van der Waals surface area contributed by atoms with Gasteiger partial charge < -0.3 is 4.74 Å². The second kappa shape index (κ2) is 4.91. The highest BCUT2D eigenvalue weighted by Crippen LogP contribution is 2.29. The zero-order valence-corrected chi connectivity index (χ0v) is 10.9. The number of allylic oxidation sites excluding steroid dienone is 3. The van der Waals surface area contributed by atoms with E-state index in [9.17, 15) is 4.79 Å². The molecule has 1 heterocycles. The number of hydrogen-bond donors (Lipinski definition) is 0. The van der Waals surface area contributed by atoms with E-state index in [-0.39, 0.29) is 12.1 Å². The van der Waals surface area contributed by atoms with Crippen LogP contribution in [0.2, 0.25) is 0 Å². The fourth-order valence-electron chi connectivity index (χ4n) is 2.33. The molecule has 17 heavy (non-hydrogen) atoms. The summed E-state index contributed by atoms with van der Waals surface area (Å²) in [6.45, 7) is 6.11. The number of carbonyl (C=O) groups is 1. The Labute approximate surface area is 103 Å². The number of carbonyl (C=O) groups excluding carboxylic acids is 1. The molecule has 92 valence electrons. The smallest absolute Gasteiger partial charge is 0.334 e. The Morgan fingerprint density at radius 1 is 1.24 bits per heavy atom. The lowest BCUT2D eigenvalue weighted by atomic mass is 9.91. The number of esters is 1. The van der Waals surface area contributed by atoms with Crippen LogP contribution in [0, 0.1) is 0 Å². The van der Waals surface area contributed by atoms with Gasteiger partial charge in [-0.1, -0.05) is 23.3 Å². The molecule has 2 rings (SSSR count). The lowest BCUT2D eigenvalue weighted by Gasteiger charge is -2.27. The minimum Gasteiger partial charge on any atom is -0.454 e. The van der Waals surface area contributed by atoms with Crippen molar-refractivity contribution in [2.45, 2.75) is 52.6 Å². The lowest BCUT2D eigenvalue weighted by Crippen LogP contribution is -2.26. The molecule has 2 bridgehead atoms. The summed E-state index contributed by atoms with van der Waals surface area (Å²) in [4.78, 5) is 11.8. The van der Waals surface area contributed by atoms with Crippen molar-refractivity contribution in [3.8, 4) is 0 Å². The molecule has 0 N–H and O–H groups in total. The maximum Gasteiger partial charge on any atom is 0.334 e. The first-order valence-corrected chi connectivity index (χ1v) is 6.30. The largest absolute Gasteiger partial charge is 0.454 e. The summed E-state index contributed by atoms with van der Waals surface area (Å²) in [7, 11) is 0. The van der Waals surface area contributed by atoms with E-state index >= 15 is 0 Å². The van der Waals surface area contributed by atoms with Crippen molar-refractivity contribution in [3.05, 3.63) is 34.4 Å². The first-order chi connectivity index (χ1) is 8.08. The molecule has 1 atom stereocenters. The van der Waals surface area contributed by atoms with E-state index < -0.39 is 0 Å². The van der Waals surface area contributed by atoms with Crippen LogP contribution in [0.4, 0.5) is 0 Å². The van der Waals surface area contributed by atoms with E-state index in [0.717, 1.165) is 31.3 Å². The topological polar surface area (TPSA) is 26.3 Å². The van der Waals surface area contributed by atoms with Crippen LogP contribution in [0.15, 0.2) is 34.4 Å². The number of ether oxygens (including phenoxy) is 1. The van der Waals surface area contributed by atoms with Gasteiger partial charge in [0.1, 0.15) is 6.10 Å². The van der Waals surface area contributed by atoms with Gasteiger partial charge >= 0.3 is 5.97 Å². The summed E-state index contributed by atoms with van der Waals surface area (Å²) >= 11 is 0. The first kappa shape index (κ1) is 12.2. The SMILES string of the molecule is CC1=C2C/C=C(/C)CC/C=C(/C)[C@@H](C2)OC1=O. The van der Waals surface area contributed by atoms with Crippen LogP contribution < -0.4 is 0 Å². The molecule has 0 saturated heterocycles. The normalized spacial score (nSPS) is 32.2. The Bertz CT molecular complexity index is 424. The second-order valence-corrected chi connectivity index (χ2v) is 5.07. The molecular formula is C15H20O2. The van der Waals surface area contributed by atoms with Gasteiger partial charge in [0.25, 0.3) is 0 Å². The van der Waals surface area contributed by atoms with E-state index in [0.29, 0.717) is 0 Å². The summed E-state index contributed by atoms with van der Waals surface area (Å²) in [5, 5.41) is 0. The fourth-order valence-corrected chi connectivity index (χ4v) is 2.33. The van der Waals surface area contributed by atoms with Crippen molar-refractivity contribution in [2.24, 2.45) is 0 Å². The zero-order valence-electron chi connectivity index (χ0n) is 10.9. The minimum absolute atomic E-state index is 0.0343. The van der Waals surface area contributed by atoms with Gasteiger partial charge in [0.15, 0.2) is 0 Å². The van der Waals surface area contributed by atoms with Gasteiger partial charge in [-0.2, -0.15) is 0 Å².